The van der Waals surface area contributed by atoms with Crippen LogP contribution in [-0.2, 0) is 5.54 Å². The number of nitrogens with zero attached hydrogens (tertiary/aromatic N) is 3. The zero-order valence-electron chi connectivity index (χ0n) is 10.3. The van der Waals surface area contributed by atoms with E-state index in [4.69, 9.17) is 5.73 Å². The normalized spacial score (nSPS) is 11.5. The number of hydrogen-bond acceptors (Lipinski definition) is 4. The second-order valence-electron chi connectivity index (χ2n) is 4.65. The van der Waals surface area contributed by atoms with Crippen LogP contribution in [0.5, 0.6) is 0 Å². The van der Waals surface area contributed by atoms with Crippen molar-refractivity contribution >= 4 is 0 Å². The predicted molar refractivity (Wildman–Crippen MR) is 67.2 cm³/mol. The standard InChI is InChI=1S/C13H16N4/c1-9-16-11(10-5-4-6-15-8-10)7-12(17-9)13(2,3)14/h4-8H,14H2,1-3H3. The highest BCUT2D eigenvalue weighted by Crippen LogP contribution is 2.21. The maximum Gasteiger partial charge on any atom is 0.126 e. The summed E-state index contributed by atoms with van der Waals surface area (Å²) < 4.78 is 0. The highest BCUT2D eigenvalue weighted by atomic mass is 14.9. The number of nitrogens with two attached hydrogens (primary N) is 1. The molecule has 0 unspecified atom stereocenters. The van der Waals surface area contributed by atoms with Gasteiger partial charge in [0.15, 0.2) is 0 Å². The molecule has 2 heterocycles. The van der Waals surface area contributed by atoms with Crippen molar-refractivity contribution < 1.29 is 0 Å². The van der Waals surface area contributed by atoms with Gasteiger partial charge in [-0.15, -0.1) is 0 Å². The van der Waals surface area contributed by atoms with Crippen molar-refractivity contribution in [3.8, 4) is 11.3 Å². The first kappa shape index (κ1) is 11.7. The fraction of sp³-hybridized carbons (Fsp3) is 0.308. The van der Waals surface area contributed by atoms with Gasteiger partial charge in [-0.3, -0.25) is 4.98 Å². The largest absolute Gasteiger partial charge is 0.321 e. The van der Waals surface area contributed by atoms with Gasteiger partial charge in [-0.05, 0) is 39.0 Å². The molecule has 4 heteroatoms. The molecule has 0 atom stereocenters. The Morgan fingerprint density at radius 3 is 2.59 bits per heavy atom. The highest BCUT2D eigenvalue weighted by molar-refractivity contribution is 5.58. The molecule has 0 aliphatic heterocycles. The molecule has 0 amide bonds. The first-order valence-corrected chi connectivity index (χ1v) is 5.52. The summed E-state index contributed by atoms with van der Waals surface area (Å²) in [5.41, 5.74) is 8.27. The molecule has 0 aliphatic carbocycles. The van der Waals surface area contributed by atoms with Crippen molar-refractivity contribution in [3.05, 3.63) is 42.1 Å². The lowest BCUT2D eigenvalue weighted by Crippen LogP contribution is -2.30. The van der Waals surface area contributed by atoms with Crippen molar-refractivity contribution in [3.63, 3.8) is 0 Å². The summed E-state index contributed by atoms with van der Waals surface area (Å²) in [6.07, 6.45) is 3.53. The van der Waals surface area contributed by atoms with Crippen molar-refractivity contribution in [2.24, 2.45) is 5.73 Å². The Bertz CT molecular complexity index is 515. The Labute approximate surface area is 101 Å². The van der Waals surface area contributed by atoms with Crippen LogP contribution in [-0.4, -0.2) is 15.0 Å². The van der Waals surface area contributed by atoms with Gasteiger partial charge < -0.3 is 5.73 Å². The first-order chi connectivity index (χ1) is 7.97. The van der Waals surface area contributed by atoms with Gasteiger partial charge in [-0.25, -0.2) is 9.97 Å². The molecule has 0 radical (unpaired) electrons. The Hall–Kier alpha value is -1.81. The fourth-order valence-corrected chi connectivity index (χ4v) is 1.56. The molecule has 2 aromatic heterocycles. The second kappa shape index (κ2) is 4.22. The lowest BCUT2D eigenvalue weighted by atomic mass is 10.0. The Balaban J connectivity index is 2.54. The van der Waals surface area contributed by atoms with E-state index in [1.807, 2.05) is 39.0 Å². The minimum absolute atomic E-state index is 0.468. The lowest BCUT2D eigenvalue weighted by molar-refractivity contribution is 0.532. The van der Waals surface area contributed by atoms with Crippen molar-refractivity contribution in [1.29, 1.82) is 0 Å². The van der Waals surface area contributed by atoms with Gasteiger partial charge in [0.25, 0.3) is 0 Å². The summed E-state index contributed by atoms with van der Waals surface area (Å²) in [6, 6.07) is 5.78. The molecule has 2 aromatic rings. The third-order valence-electron chi connectivity index (χ3n) is 2.46. The number of aryl methyl sites for hydroxylation is 1. The molecule has 0 spiro atoms. The molecule has 2 N–H and O–H groups in total. The minimum Gasteiger partial charge on any atom is -0.321 e. The smallest absolute Gasteiger partial charge is 0.126 e. The summed E-state index contributed by atoms with van der Waals surface area (Å²) in [5.74, 6) is 0.722. The van der Waals surface area contributed by atoms with Gasteiger partial charge in [0.1, 0.15) is 5.82 Å². The molecule has 0 aromatic carbocycles. The van der Waals surface area contributed by atoms with Crippen LogP contribution >= 0.6 is 0 Å². The van der Waals surface area contributed by atoms with Gasteiger partial charge in [-0.2, -0.15) is 0 Å². The Kier molecular flexibility index (Phi) is 2.90. The van der Waals surface area contributed by atoms with Gasteiger partial charge in [0.2, 0.25) is 0 Å². The molecule has 4 nitrogen and oxygen atoms in total. The molecular weight excluding hydrogens is 212 g/mol. The number of aromatic nitrogens is 3. The number of rotatable bonds is 2. The van der Waals surface area contributed by atoms with E-state index >= 15 is 0 Å². The summed E-state index contributed by atoms with van der Waals surface area (Å²) in [7, 11) is 0. The SMILES string of the molecule is Cc1nc(-c2cccnc2)cc(C(C)(C)N)n1. The van der Waals surface area contributed by atoms with E-state index in [0.29, 0.717) is 0 Å². The maximum atomic E-state index is 6.07. The van der Waals surface area contributed by atoms with E-state index in [1.165, 1.54) is 0 Å². The van der Waals surface area contributed by atoms with Gasteiger partial charge in [-0.1, -0.05) is 0 Å². The van der Waals surface area contributed by atoms with Gasteiger partial charge >= 0.3 is 0 Å². The molecule has 0 fully saturated rings. The molecule has 2 rings (SSSR count). The summed E-state index contributed by atoms with van der Waals surface area (Å²) in [4.78, 5) is 12.9. The van der Waals surface area contributed by atoms with E-state index < -0.39 is 5.54 Å². The van der Waals surface area contributed by atoms with Crippen molar-refractivity contribution in [2.75, 3.05) is 0 Å². The van der Waals surface area contributed by atoms with Gasteiger partial charge in [0, 0.05) is 18.0 Å². The topological polar surface area (TPSA) is 64.7 Å². The van der Waals surface area contributed by atoms with Crippen LogP contribution in [0.3, 0.4) is 0 Å². The molecule has 0 aliphatic rings. The molecule has 0 bridgehead atoms. The number of hydrogen-bond donors (Lipinski definition) is 1. The van der Waals surface area contributed by atoms with Crippen LogP contribution < -0.4 is 5.73 Å². The second-order valence-corrected chi connectivity index (χ2v) is 4.65. The third kappa shape index (κ3) is 2.65. The molecular formula is C13H16N4. The van der Waals surface area contributed by atoms with E-state index in [-0.39, 0.29) is 0 Å². The summed E-state index contributed by atoms with van der Waals surface area (Å²) in [5, 5.41) is 0. The lowest BCUT2D eigenvalue weighted by Gasteiger charge is -2.18. The quantitative estimate of drug-likeness (QED) is 0.854. The van der Waals surface area contributed by atoms with Crippen molar-refractivity contribution in [1.82, 2.24) is 15.0 Å². The van der Waals surface area contributed by atoms with Crippen molar-refractivity contribution in [2.45, 2.75) is 26.3 Å². The molecule has 0 saturated carbocycles. The fourth-order valence-electron chi connectivity index (χ4n) is 1.56. The highest BCUT2D eigenvalue weighted by Gasteiger charge is 2.17. The van der Waals surface area contributed by atoms with Crippen LogP contribution in [0.25, 0.3) is 11.3 Å². The first-order valence-electron chi connectivity index (χ1n) is 5.52. The van der Waals surface area contributed by atoms with E-state index in [1.54, 1.807) is 12.4 Å². The van der Waals surface area contributed by atoms with E-state index in [2.05, 4.69) is 15.0 Å². The zero-order chi connectivity index (χ0) is 12.5. The molecule has 17 heavy (non-hydrogen) atoms. The predicted octanol–water partition coefficient (Wildman–Crippen LogP) is 2.04. The zero-order valence-corrected chi connectivity index (χ0v) is 10.3. The Morgan fingerprint density at radius 1 is 1.24 bits per heavy atom. The number of pyridine rings is 1. The minimum atomic E-state index is -0.468. The average molecular weight is 228 g/mol. The molecule has 88 valence electrons. The van der Waals surface area contributed by atoms with Crippen LogP contribution in [0.2, 0.25) is 0 Å². The molecule has 0 saturated heterocycles. The van der Waals surface area contributed by atoms with Crippen LogP contribution in [0.1, 0.15) is 25.4 Å². The summed E-state index contributed by atoms with van der Waals surface area (Å²) >= 11 is 0. The van der Waals surface area contributed by atoms with E-state index in [9.17, 15) is 0 Å². The van der Waals surface area contributed by atoms with Crippen LogP contribution in [0, 0.1) is 6.92 Å². The Morgan fingerprint density at radius 2 is 2.00 bits per heavy atom. The van der Waals surface area contributed by atoms with Crippen LogP contribution in [0.15, 0.2) is 30.6 Å². The van der Waals surface area contributed by atoms with Gasteiger partial charge in [0.05, 0.1) is 16.9 Å². The maximum absolute atomic E-state index is 6.07. The third-order valence-corrected chi connectivity index (χ3v) is 2.46. The van der Waals surface area contributed by atoms with Crippen LogP contribution in [0.4, 0.5) is 0 Å². The monoisotopic (exact) mass is 228 g/mol. The summed E-state index contributed by atoms with van der Waals surface area (Å²) in [6.45, 7) is 5.73. The van der Waals surface area contributed by atoms with E-state index in [0.717, 1.165) is 22.8 Å². The average Bonchev–Trinajstić information content (AvgIpc) is 2.28.